The predicted octanol–water partition coefficient (Wildman–Crippen LogP) is 12.9. The molecule has 0 amide bonds. The van der Waals surface area contributed by atoms with Crippen LogP contribution >= 0.6 is 0 Å². The van der Waals surface area contributed by atoms with Gasteiger partial charge in [0.2, 0.25) is 0 Å². The number of para-hydroxylation sites is 4. The number of furan rings is 1. The van der Waals surface area contributed by atoms with Gasteiger partial charge in [0.05, 0.1) is 33.1 Å². The minimum Gasteiger partial charge on any atom is -0.454 e. The number of benzene rings is 8. The van der Waals surface area contributed by atoms with Crippen molar-refractivity contribution in [2.24, 2.45) is 0 Å². The molecule has 0 fully saturated rings. The normalized spacial score (nSPS) is 12.1. The number of nitriles is 1. The Morgan fingerprint density at radius 2 is 1.03 bits per heavy atom. The van der Waals surface area contributed by atoms with E-state index in [1.165, 1.54) is 21.8 Å². The van der Waals surface area contributed by atoms with E-state index in [4.69, 9.17) is 19.4 Å². The van der Waals surface area contributed by atoms with Gasteiger partial charge in [0, 0.05) is 59.8 Å². The van der Waals surface area contributed by atoms with E-state index in [9.17, 15) is 5.26 Å². The van der Waals surface area contributed by atoms with Gasteiger partial charge in [-0.25, -0.2) is 15.0 Å². The molecule has 13 aromatic rings. The first-order valence-electron chi connectivity index (χ1n) is 19.6. The number of hydrogen-bond acceptors (Lipinski definition) is 5. The molecular weight excluding hydrogens is 725 g/mol. The van der Waals surface area contributed by atoms with Gasteiger partial charge in [-0.2, -0.15) is 5.26 Å². The Morgan fingerprint density at radius 3 is 1.76 bits per heavy atom. The van der Waals surface area contributed by atoms with E-state index in [2.05, 4.69) is 100.0 Å². The lowest BCUT2D eigenvalue weighted by Crippen LogP contribution is -2.03. The second-order valence-corrected chi connectivity index (χ2v) is 15.0. The van der Waals surface area contributed by atoms with Crippen LogP contribution in [0.2, 0.25) is 0 Å². The molecule has 0 atom stereocenters. The van der Waals surface area contributed by atoms with Crippen molar-refractivity contribution >= 4 is 81.8 Å². The highest BCUT2D eigenvalue weighted by atomic mass is 16.3. The average molecular weight is 753 g/mol. The Kier molecular flexibility index (Phi) is 6.38. The molecule has 5 aromatic heterocycles. The van der Waals surface area contributed by atoms with Gasteiger partial charge in [-0.05, 0) is 30.3 Å². The molecule has 0 saturated carbocycles. The first kappa shape index (κ1) is 31.8. The predicted molar refractivity (Wildman–Crippen MR) is 237 cm³/mol. The number of nitrogens with zero attached hydrogens (tertiary/aromatic N) is 6. The Balaban J connectivity index is 1.20. The van der Waals surface area contributed by atoms with Crippen LogP contribution in [0.1, 0.15) is 5.56 Å². The van der Waals surface area contributed by atoms with E-state index in [1.807, 2.05) is 84.9 Å². The molecule has 0 aliphatic heterocycles. The third kappa shape index (κ3) is 4.32. The first-order valence-corrected chi connectivity index (χ1v) is 19.6. The molecule has 0 bridgehead atoms. The molecule has 0 aliphatic carbocycles. The summed E-state index contributed by atoms with van der Waals surface area (Å²) in [7, 11) is 0. The fourth-order valence-corrected chi connectivity index (χ4v) is 9.50. The monoisotopic (exact) mass is 752 g/mol. The van der Waals surface area contributed by atoms with Crippen molar-refractivity contribution in [3.05, 3.63) is 175 Å². The molecule has 0 unspecified atom stereocenters. The Hall–Kier alpha value is -8.34. The summed E-state index contributed by atoms with van der Waals surface area (Å²) in [6.45, 7) is 0. The fourth-order valence-electron chi connectivity index (χ4n) is 9.50. The van der Waals surface area contributed by atoms with Crippen LogP contribution in [0.15, 0.2) is 174 Å². The summed E-state index contributed by atoms with van der Waals surface area (Å²) in [5.41, 5.74) is 10.3. The molecule has 13 rings (SSSR count). The SMILES string of the molecule is N#Cc1cc(-c2nc(-c3ccccc3)nc(-c3ccccc3)n2)c2c(oc3ccccc32)c1-n1c2ccccc2c2ccc3c(c4cccc5c6ccccc6n3c54)c21. The summed E-state index contributed by atoms with van der Waals surface area (Å²) < 4.78 is 11.6. The van der Waals surface area contributed by atoms with Crippen LogP contribution in [0, 0.1) is 11.3 Å². The Labute approximate surface area is 335 Å². The highest BCUT2D eigenvalue weighted by Gasteiger charge is 2.28. The van der Waals surface area contributed by atoms with Gasteiger partial charge in [-0.3, -0.25) is 0 Å². The topological polar surface area (TPSA) is 84.9 Å². The third-order valence-electron chi connectivity index (χ3n) is 11.9. The van der Waals surface area contributed by atoms with Crippen molar-refractivity contribution in [3.63, 3.8) is 0 Å². The lowest BCUT2D eigenvalue weighted by atomic mass is 10.00. The molecule has 5 heterocycles. The summed E-state index contributed by atoms with van der Waals surface area (Å²) in [5, 5.41) is 20.0. The summed E-state index contributed by atoms with van der Waals surface area (Å²) in [4.78, 5) is 15.2. The number of hydrogen-bond donors (Lipinski definition) is 0. The fraction of sp³-hybridized carbons (Fsp3) is 0. The minimum absolute atomic E-state index is 0.441. The van der Waals surface area contributed by atoms with Crippen LogP contribution in [0.25, 0.3) is 122 Å². The maximum absolute atomic E-state index is 11.3. The molecule has 7 nitrogen and oxygen atoms in total. The summed E-state index contributed by atoms with van der Waals surface area (Å²) in [6, 6.07) is 60.6. The minimum atomic E-state index is 0.441. The van der Waals surface area contributed by atoms with Crippen molar-refractivity contribution in [2.75, 3.05) is 0 Å². The highest BCUT2D eigenvalue weighted by Crippen LogP contribution is 2.48. The van der Waals surface area contributed by atoms with Crippen LogP contribution in [0.5, 0.6) is 0 Å². The number of rotatable bonds is 4. The smallest absolute Gasteiger partial charge is 0.164 e. The standard InChI is InChI=1S/C52H28N6O/c53-29-32-28-39(52-55-50(30-14-3-1-4-15-30)54-51(56-52)31-16-5-2-6-17-31)44-37-20-9-12-25-43(37)59-49(44)46(32)58-41-24-11-8-19-34(41)36-26-27-42-45(48(36)58)38-22-13-21-35-33-18-7-10-23-40(33)57(42)47(35)38/h1-28H. The zero-order chi connectivity index (χ0) is 38.8. The Bertz CT molecular complexity index is 3850. The van der Waals surface area contributed by atoms with Crippen molar-refractivity contribution in [3.8, 4) is 45.9 Å². The molecule has 0 saturated heterocycles. The number of fused-ring (bicyclic) bond motifs is 13. The molecular formula is C52H28N6O. The van der Waals surface area contributed by atoms with Gasteiger partial charge in [0.1, 0.15) is 17.3 Å². The Morgan fingerprint density at radius 1 is 0.458 bits per heavy atom. The maximum Gasteiger partial charge on any atom is 0.164 e. The molecule has 0 N–H and O–H groups in total. The van der Waals surface area contributed by atoms with Crippen LogP contribution in [-0.4, -0.2) is 23.9 Å². The highest BCUT2D eigenvalue weighted by molar-refractivity contribution is 6.31. The van der Waals surface area contributed by atoms with E-state index < -0.39 is 0 Å². The quantitative estimate of drug-likeness (QED) is 0.179. The van der Waals surface area contributed by atoms with Gasteiger partial charge >= 0.3 is 0 Å². The second kappa shape index (κ2) is 11.8. The van der Waals surface area contributed by atoms with E-state index in [1.54, 1.807) is 0 Å². The lowest BCUT2D eigenvalue weighted by molar-refractivity contribution is 0.666. The van der Waals surface area contributed by atoms with Crippen molar-refractivity contribution in [2.45, 2.75) is 0 Å². The van der Waals surface area contributed by atoms with Crippen LogP contribution < -0.4 is 0 Å². The van der Waals surface area contributed by atoms with Crippen LogP contribution in [0.4, 0.5) is 0 Å². The zero-order valence-electron chi connectivity index (χ0n) is 31.3. The molecule has 59 heavy (non-hydrogen) atoms. The molecule has 272 valence electrons. The lowest BCUT2D eigenvalue weighted by Gasteiger charge is -2.15. The molecule has 7 heteroatoms. The molecule has 0 aliphatic rings. The number of aromatic nitrogens is 5. The zero-order valence-corrected chi connectivity index (χ0v) is 31.3. The summed E-state index contributed by atoms with van der Waals surface area (Å²) >= 11 is 0. The van der Waals surface area contributed by atoms with Gasteiger partial charge in [0.25, 0.3) is 0 Å². The van der Waals surface area contributed by atoms with E-state index >= 15 is 0 Å². The largest absolute Gasteiger partial charge is 0.454 e. The average Bonchev–Trinajstić information content (AvgIpc) is 4.05. The van der Waals surface area contributed by atoms with E-state index in [0.29, 0.717) is 45.5 Å². The van der Waals surface area contributed by atoms with Crippen molar-refractivity contribution in [1.82, 2.24) is 23.9 Å². The van der Waals surface area contributed by atoms with Gasteiger partial charge < -0.3 is 13.4 Å². The summed E-state index contributed by atoms with van der Waals surface area (Å²) in [6.07, 6.45) is 0. The second-order valence-electron chi connectivity index (χ2n) is 15.0. The van der Waals surface area contributed by atoms with Crippen LogP contribution in [-0.2, 0) is 0 Å². The van der Waals surface area contributed by atoms with Gasteiger partial charge in [-0.15, -0.1) is 0 Å². The molecule has 0 radical (unpaired) electrons. The van der Waals surface area contributed by atoms with E-state index in [-0.39, 0.29) is 0 Å². The maximum atomic E-state index is 11.3. The van der Waals surface area contributed by atoms with E-state index in [0.717, 1.165) is 60.0 Å². The van der Waals surface area contributed by atoms with Crippen molar-refractivity contribution in [1.29, 1.82) is 5.26 Å². The molecule has 0 spiro atoms. The molecule has 8 aromatic carbocycles. The third-order valence-corrected chi connectivity index (χ3v) is 11.9. The summed E-state index contributed by atoms with van der Waals surface area (Å²) in [5.74, 6) is 1.54. The van der Waals surface area contributed by atoms with Gasteiger partial charge in [-0.1, -0.05) is 140 Å². The van der Waals surface area contributed by atoms with Gasteiger partial charge in [0.15, 0.2) is 23.1 Å². The first-order chi connectivity index (χ1) is 29.2. The van der Waals surface area contributed by atoms with Crippen LogP contribution in [0.3, 0.4) is 0 Å². The van der Waals surface area contributed by atoms with Crippen molar-refractivity contribution < 1.29 is 4.42 Å².